The molecule has 3 heterocycles. The standard InChI is InChI=1S/C21H25N3O2S/c1-14-4-5-19-17(12-26-21(19)15(14)2)10-20(25)24-8-6-23(7-9-24)11-18-13-27-16(3)22-18/h4-5,12-13H,6-11H2,1-3H3. The van der Waals surface area contributed by atoms with Crippen molar-refractivity contribution >= 4 is 28.2 Å². The summed E-state index contributed by atoms with van der Waals surface area (Å²) in [5, 5.41) is 4.29. The van der Waals surface area contributed by atoms with E-state index in [9.17, 15) is 4.79 Å². The Hall–Kier alpha value is -2.18. The van der Waals surface area contributed by atoms with E-state index in [4.69, 9.17) is 4.42 Å². The lowest BCUT2D eigenvalue weighted by Gasteiger charge is -2.34. The summed E-state index contributed by atoms with van der Waals surface area (Å²) in [6.07, 6.45) is 2.15. The predicted molar refractivity (Wildman–Crippen MR) is 108 cm³/mol. The highest BCUT2D eigenvalue weighted by Crippen LogP contribution is 2.27. The minimum atomic E-state index is 0.181. The zero-order valence-corrected chi connectivity index (χ0v) is 16.9. The van der Waals surface area contributed by atoms with Gasteiger partial charge in [0.2, 0.25) is 5.91 Å². The van der Waals surface area contributed by atoms with Gasteiger partial charge in [-0.15, -0.1) is 11.3 Å². The van der Waals surface area contributed by atoms with Gasteiger partial charge in [-0.3, -0.25) is 9.69 Å². The fourth-order valence-corrected chi connectivity index (χ4v) is 4.27. The number of benzene rings is 1. The number of carbonyl (C=O) groups is 1. The van der Waals surface area contributed by atoms with Gasteiger partial charge in [0.15, 0.2) is 0 Å². The molecule has 1 aliphatic heterocycles. The molecule has 1 amide bonds. The first-order valence-corrected chi connectivity index (χ1v) is 10.3. The lowest BCUT2D eigenvalue weighted by atomic mass is 10.0. The van der Waals surface area contributed by atoms with Crippen LogP contribution in [0.1, 0.15) is 27.4 Å². The van der Waals surface area contributed by atoms with Gasteiger partial charge in [0, 0.05) is 49.1 Å². The van der Waals surface area contributed by atoms with Crippen molar-refractivity contribution in [2.75, 3.05) is 26.2 Å². The maximum atomic E-state index is 12.8. The molecule has 0 bridgehead atoms. The third kappa shape index (κ3) is 3.77. The predicted octanol–water partition coefficient (Wildman–Crippen LogP) is 3.70. The Morgan fingerprint density at radius 1 is 1.19 bits per heavy atom. The topological polar surface area (TPSA) is 49.6 Å². The number of aryl methyl sites for hydroxylation is 3. The lowest BCUT2D eigenvalue weighted by molar-refractivity contribution is -0.132. The molecular weight excluding hydrogens is 358 g/mol. The molecule has 4 rings (SSSR count). The number of hydrogen-bond acceptors (Lipinski definition) is 5. The molecule has 5 nitrogen and oxygen atoms in total. The van der Waals surface area contributed by atoms with Gasteiger partial charge in [-0.25, -0.2) is 4.98 Å². The molecule has 0 radical (unpaired) electrons. The maximum absolute atomic E-state index is 12.8. The van der Waals surface area contributed by atoms with E-state index >= 15 is 0 Å². The van der Waals surface area contributed by atoms with E-state index in [1.165, 1.54) is 5.56 Å². The summed E-state index contributed by atoms with van der Waals surface area (Å²) < 4.78 is 5.75. The fraction of sp³-hybridized carbons (Fsp3) is 0.429. The number of hydrogen-bond donors (Lipinski definition) is 0. The van der Waals surface area contributed by atoms with Crippen molar-refractivity contribution in [3.05, 3.63) is 51.2 Å². The Kier molecular flexibility index (Phi) is 5.02. The third-order valence-electron chi connectivity index (χ3n) is 5.46. The van der Waals surface area contributed by atoms with Gasteiger partial charge < -0.3 is 9.32 Å². The molecule has 1 fully saturated rings. The molecule has 3 aromatic rings. The molecule has 0 saturated carbocycles. The summed E-state index contributed by atoms with van der Waals surface area (Å²) in [7, 11) is 0. The molecule has 2 aromatic heterocycles. The number of thiazole rings is 1. The van der Waals surface area contributed by atoms with Gasteiger partial charge in [-0.2, -0.15) is 0 Å². The largest absolute Gasteiger partial charge is 0.464 e. The minimum Gasteiger partial charge on any atom is -0.464 e. The second-order valence-corrected chi connectivity index (χ2v) is 8.40. The van der Waals surface area contributed by atoms with E-state index in [0.717, 1.165) is 65.5 Å². The third-order valence-corrected chi connectivity index (χ3v) is 6.28. The summed E-state index contributed by atoms with van der Waals surface area (Å²) in [4.78, 5) is 21.7. The van der Waals surface area contributed by atoms with Crippen LogP contribution in [0.25, 0.3) is 11.0 Å². The molecule has 1 aromatic carbocycles. The second kappa shape index (κ2) is 7.44. The van der Waals surface area contributed by atoms with Crippen LogP contribution in [0.2, 0.25) is 0 Å². The molecule has 0 spiro atoms. The van der Waals surface area contributed by atoms with Crippen molar-refractivity contribution in [3.8, 4) is 0 Å². The van der Waals surface area contributed by atoms with Crippen LogP contribution in [0.5, 0.6) is 0 Å². The van der Waals surface area contributed by atoms with Crippen LogP contribution < -0.4 is 0 Å². The Balaban J connectivity index is 1.36. The van der Waals surface area contributed by atoms with E-state index in [1.54, 1.807) is 17.6 Å². The molecule has 0 N–H and O–H groups in total. The summed E-state index contributed by atoms with van der Waals surface area (Å²) in [5.74, 6) is 0.181. The zero-order chi connectivity index (χ0) is 19.0. The smallest absolute Gasteiger partial charge is 0.227 e. The lowest BCUT2D eigenvalue weighted by Crippen LogP contribution is -2.48. The van der Waals surface area contributed by atoms with Gasteiger partial charge in [0.05, 0.1) is 23.4 Å². The van der Waals surface area contributed by atoms with Crippen molar-refractivity contribution in [3.63, 3.8) is 0 Å². The molecule has 0 aliphatic carbocycles. The average molecular weight is 384 g/mol. The molecule has 1 aliphatic rings. The average Bonchev–Trinajstić information content (AvgIpc) is 3.25. The van der Waals surface area contributed by atoms with Crippen LogP contribution in [0, 0.1) is 20.8 Å². The monoisotopic (exact) mass is 383 g/mol. The normalized spacial score (nSPS) is 15.6. The highest BCUT2D eigenvalue weighted by Gasteiger charge is 2.23. The number of aromatic nitrogens is 1. The highest BCUT2D eigenvalue weighted by atomic mass is 32.1. The van der Waals surface area contributed by atoms with Gasteiger partial charge in [-0.05, 0) is 31.9 Å². The van der Waals surface area contributed by atoms with E-state index in [-0.39, 0.29) is 5.91 Å². The number of nitrogens with zero attached hydrogens (tertiary/aromatic N) is 3. The van der Waals surface area contributed by atoms with Crippen LogP contribution in [0.15, 0.2) is 28.2 Å². The Morgan fingerprint density at radius 2 is 1.96 bits per heavy atom. The number of fused-ring (bicyclic) bond motifs is 1. The Bertz CT molecular complexity index is 967. The molecule has 27 heavy (non-hydrogen) atoms. The minimum absolute atomic E-state index is 0.181. The Labute approximate surface area is 163 Å². The highest BCUT2D eigenvalue weighted by molar-refractivity contribution is 7.09. The van der Waals surface area contributed by atoms with E-state index in [2.05, 4.69) is 41.2 Å². The second-order valence-electron chi connectivity index (χ2n) is 7.34. The van der Waals surface area contributed by atoms with Crippen molar-refractivity contribution < 1.29 is 9.21 Å². The van der Waals surface area contributed by atoms with Crippen LogP contribution in [-0.4, -0.2) is 46.9 Å². The van der Waals surface area contributed by atoms with Crippen LogP contribution >= 0.6 is 11.3 Å². The number of rotatable bonds is 4. The van der Waals surface area contributed by atoms with Crippen molar-refractivity contribution in [1.29, 1.82) is 0 Å². The van der Waals surface area contributed by atoms with E-state index in [0.29, 0.717) is 6.42 Å². The Morgan fingerprint density at radius 3 is 2.67 bits per heavy atom. The SMILES string of the molecule is Cc1nc(CN2CCN(C(=O)Cc3coc4c(C)c(C)ccc34)CC2)cs1. The van der Waals surface area contributed by atoms with Gasteiger partial charge >= 0.3 is 0 Å². The van der Waals surface area contributed by atoms with E-state index < -0.39 is 0 Å². The first-order valence-electron chi connectivity index (χ1n) is 9.38. The first kappa shape index (κ1) is 18.2. The van der Waals surface area contributed by atoms with Gasteiger partial charge in [0.1, 0.15) is 5.58 Å². The van der Waals surface area contributed by atoms with Crippen LogP contribution in [0.4, 0.5) is 0 Å². The summed E-state index contributed by atoms with van der Waals surface area (Å²) in [6.45, 7) is 10.4. The summed E-state index contributed by atoms with van der Waals surface area (Å²) >= 11 is 1.69. The van der Waals surface area contributed by atoms with Crippen LogP contribution in [-0.2, 0) is 17.8 Å². The molecule has 142 valence electrons. The number of amides is 1. The van der Waals surface area contributed by atoms with Crippen molar-refractivity contribution in [2.45, 2.75) is 33.7 Å². The molecule has 6 heteroatoms. The number of carbonyl (C=O) groups excluding carboxylic acids is 1. The van der Waals surface area contributed by atoms with Crippen molar-refractivity contribution in [1.82, 2.24) is 14.8 Å². The zero-order valence-electron chi connectivity index (χ0n) is 16.1. The van der Waals surface area contributed by atoms with Crippen LogP contribution in [0.3, 0.4) is 0 Å². The quantitative estimate of drug-likeness (QED) is 0.689. The van der Waals surface area contributed by atoms with Gasteiger partial charge in [0.25, 0.3) is 0 Å². The summed E-state index contributed by atoms with van der Waals surface area (Å²) in [5.41, 5.74) is 5.38. The molecule has 0 unspecified atom stereocenters. The number of furan rings is 1. The molecule has 0 atom stereocenters. The van der Waals surface area contributed by atoms with Gasteiger partial charge in [-0.1, -0.05) is 12.1 Å². The number of piperazine rings is 1. The fourth-order valence-electron chi connectivity index (χ4n) is 3.67. The van der Waals surface area contributed by atoms with E-state index in [1.807, 2.05) is 11.8 Å². The van der Waals surface area contributed by atoms with Crippen molar-refractivity contribution in [2.24, 2.45) is 0 Å². The maximum Gasteiger partial charge on any atom is 0.227 e. The molecule has 1 saturated heterocycles. The first-order chi connectivity index (χ1) is 13.0. The summed E-state index contributed by atoms with van der Waals surface area (Å²) in [6, 6.07) is 4.16. The molecular formula is C21H25N3O2S.